The maximum absolute atomic E-state index is 13.1. The molecule has 1 aliphatic rings. The Morgan fingerprint density at radius 2 is 1.69 bits per heavy atom. The van der Waals surface area contributed by atoms with E-state index in [1.165, 1.54) is 0 Å². The monoisotopic (exact) mass is 450 g/mol. The van der Waals surface area contributed by atoms with Crippen LogP contribution in [-0.2, 0) is 4.79 Å². The van der Waals surface area contributed by atoms with Gasteiger partial charge < -0.3 is 10.2 Å². The minimum atomic E-state index is -0.0337. The van der Waals surface area contributed by atoms with Crippen LogP contribution in [0.25, 0.3) is 10.9 Å². The van der Waals surface area contributed by atoms with Gasteiger partial charge in [0.05, 0.1) is 23.3 Å². The average molecular weight is 451 g/mol. The SMILES string of the molecule is Cc1cccc(C)c1NC(=O)CN1CCN(C(=O)c2cc3cc(Cl)ccc3nc2C)CC1. The molecule has 2 aromatic carbocycles. The second kappa shape index (κ2) is 9.27. The third-order valence-electron chi connectivity index (χ3n) is 5.97. The number of halogens is 1. The van der Waals surface area contributed by atoms with Crippen molar-refractivity contribution in [3.8, 4) is 0 Å². The lowest BCUT2D eigenvalue weighted by Gasteiger charge is -2.34. The van der Waals surface area contributed by atoms with Crippen molar-refractivity contribution in [2.45, 2.75) is 20.8 Å². The molecule has 6 nitrogen and oxygen atoms in total. The first-order chi connectivity index (χ1) is 15.3. The molecule has 0 spiro atoms. The number of carbonyl (C=O) groups excluding carboxylic acids is 2. The number of amides is 2. The number of aromatic nitrogens is 1. The molecule has 1 aliphatic heterocycles. The van der Waals surface area contributed by atoms with E-state index >= 15 is 0 Å². The number of benzene rings is 2. The number of piperazine rings is 1. The van der Waals surface area contributed by atoms with Gasteiger partial charge in [0.25, 0.3) is 5.91 Å². The van der Waals surface area contributed by atoms with E-state index in [4.69, 9.17) is 11.6 Å². The summed E-state index contributed by atoms with van der Waals surface area (Å²) in [5.74, 6) is -0.0647. The van der Waals surface area contributed by atoms with Gasteiger partial charge in [-0.3, -0.25) is 19.5 Å². The normalized spacial score (nSPS) is 14.6. The molecule has 32 heavy (non-hydrogen) atoms. The van der Waals surface area contributed by atoms with Crippen molar-refractivity contribution in [2.75, 3.05) is 38.0 Å². The van der Waals surface area contributed by atoms with Crippen LogP contribution in [-0.4, -0.2) is 59.3 Å². The maximum atomic E-state index is 13.1. The molecule has 1 saturated heterocycles. The molecule has 1 N–H and O–H groups in total. The summed E-state index contributed by atoms with van der Waals surface area (Å²) in [7, 11) is 0. The fraction of sp³-hybridized carbons (Fsp3) is 0.320. The summed E-state index contributed by atoms with van der Waals surface area (Å²) in [6, 6.07) is 13.3. The minimum absolute atomic E-state index is 0.0310. The lowest BCUT2D eigenvalue weighted by Crippen LogP contribution is -2.50. The van der Waals surface area contributed by atoms with Gasteiger partial charge in [0.2, 0.25) is 5.91 Å². The van der Waals surface area contributed by atoms with Crippen LogP contribution in [0.5, 0.6) is 0 Å². The van der Waals surface area contributed by atoms with Gasteiger partial charge in [-0.05, 0) is 56.2 Å². The van der Waals surface area contributed by atoms with E-state index in [1.54, 1.807) is 6.07 Å². The number of para-hydroxylation sites is 1. The molecule has 166 valence electrons. The third-order valence-corrected chi connectivity index (χ3v) is 6.21. The quantitative estimate of drug-likeness (QED) is 0.646. The highest BCUT2D eigenvalue weighted by Crippen LogP contribution is 2.22. The predicted molar refractivity (Wildman–Crippen MR) is 128 cm³/mol. The molecule has 0 atom stereocenters. The van der Waals surface area contributed by atoms with Crippen LogP contribution in [0.3, 0.4) is 0 Å². The molecule has 0 saturated carbocycles. The summed E-state index contributed by atoms with van der Waals surface area (Å²) in [6.07, 6.45) is 0. The van der Waals surface area contributed by atoms with Crippen molar-refractivity contribution in [1.82, 2.24) is 14.8 Å². The standard InChI is InChI=1S/C25H27ClN4O2/c1-16-5-4-6-17(2)24(16)28-23(31)15-29-9-11-30(12-10-29)25(32)21-14-19-13-20(26)7-8-22(19)27-18(21)3/h4-8,13-14H,9-12,15H2,1-3H3,(H,28,31). The van der Waals surface area contributed by atoms with Gasteiger partial charge in [-0.15, -0.1) is 0 Å². The second-order valence-corrected chi connectivity index (χ2v) is 8.78. The Labute approximate surface area is 193 Å². The van der Waals surface area contributed by atoms with Crippen LogP contribution in [0.15, 0.2) is 42.5 Å². The van der Waals surface area contributed by atoms with E-state index in [1.807, 2.05) is 62.1 Å². The van der Waals surface area contributed by atoms with Gasteiger partial charge in [-0.1, -0.05) is 29.8 Å². The zero-order valence-electron chi connectivity index (χ0n) is 18.6. The highest BCUT2D eigenvalue weighted by molar-refractivity contribution is 6.31. The van der Waals surface area contributed by atoms with Gasteiger partial charge in [0, 0.05) is 42.3 Å². The largest absolute Gasteiger partial charge is 0.336 e. The second-order valence-electron chi connectivity index (χ2n) is 8.34. The first-order valence-electron chi connectivity index (χ1n) is 10.8. The Kier molecular flexibility index (Phi) is 6.44. The Morgan fingerprint density at radius 1 is 1.00 bits per heavy atom. The first kappa shape index (κ1) is 22.2. The number of pyridine rings is 1. The van der Waals surface area contributed by atoms with E-state index in [0.717, 1.165) is 27.7 Å². The van der Waals surface area contributed by atoms with Crippen LogP contribution < -0.4 is 5.32 Å². The number of fused-ring (bicyclic) bond motifs is 1. The fourth-order valence-electron chi connectivity index (χ4n) is 4.13. The minimum Gasteiger partial charge on any atom is -0.336 e. The molecule has 3 aromatic rings. The Hall–Kier alpha value is -2.96. The van der Waals surface area contributed by atoms with Crippen LogP contribution >= 0.6 is 11.6 Å². The highest BCUT2D eigenvalue weighted by Gasteiger charge is 2.25. The summed E-state index contributed by atoms with van der Waals surface area (Å²) < 4.78 is 0. The zero-order chi connectivity index (χ0) is 22.8. The third kappa shape index (κ3) is 4.76. The molecule has 4 rings (SSSR count). The molecule has 0 unspecified atom stereocenters. The molecule has 2 heterocycles. The molecule has 1 fully saturated rings. The van der Waals surface area contributed by atoms with E-state index in [0.29, 0.717) is 49.0 Å². The number of hydrogen-bond acceptors (Lipinski definition) is 4. The Morgan fingerprint density at radius 3 is 2.38 bits per heavy atom. The van der Waals surface area contributed by atoms with E-state index < -0.39 is 0 Å². The molecule has 0 aliphatic carbocycles. The topological polar surface area (TPSA) is 65.5 Å². The summed E-state index contributed by atoms with van der Waals surface area (Å²) in [6.45, 7) is 8.59. The lowest BCUT2D eigenvalue weighted by molar-refractivity contribution is -0.117. The van der Waals surface area contributed by atoms with E-state index in [2.05, 4.69) is 15.2 Å². The molecule has 1 aromatic heterocycles. The van der Waals surface area contributed by atoms with Crippen molar-refractivity contribution in [3.63, 3.8) is 0 Å². The molecule has 2 amide bonds. The number of hydrogen-bond donors (Lipinski definition) is 1. The number of carbonyl (C=O) groups is 2. The lowest BCUT2D eigenvalue weighted by atomic mass is 10.1. The predicted octanol–water partition coefficient (Wildman–Crippen LogP) is 4.21. The summed E-state index contributed by atoms with van der Waals surface area (Å²) >= 11 is 6.10. The van der Waals surface area contributed by atoms with Crippen molar-refractivity contribution in [1.29, 1.82) is 0 Å². The van der Waals surface area contributed by atoms with E-state index in [-0.39, 0.29) is 11.8 Å². The van der Waals surface area contributed by atoms with Gasteiger partial charge >= 0.3 is 0 Å². The maximum Gasteiger partial charge on any atom is 0.255 e. The van der Waals surface area contributed by atoms with Gasteiger partial charge in [0.1, 0.15) is 0 Å². The number of rotatable bonds is 4. The number of aryl methyl sites for hydroxylation is 3. The van der Waals surface area contributed by atoms with Crippen LogP contribution in [0.1, 0.15) is 27.2 Å². The van der Waals surface area contributed by atoms with Gasteiger partial charge in [-0.25, -0.2) is 0 Å². The number of nitrogens with zero attached hydrogens (tertiary/aromatic N) is 3. The van der Waals surface area contributed by atoms with Gasteiger partial charge in [-0.2, -0.15) is 0 Å². The number of nitrogens with one attached hydrogen (secondary N) is 1. The average Bonchev–Trinajstić information content (AvgIpc) is 2.76. The molecular weight excluding hydrogens is 424 g/mol. The number of anilines is 1. The van der Waals surface area contributed by atoms with Crippen molar-refractivity contribution in [2.24, 2.45) is 0 Å². The van der Waals surface area contributed by atoms with Crippen LogP contribution in [0.4, 0.5) is 5.69 Å². The zero-order valence-corrected chi connectivity index (χ0v) is 19.4. The molecule has 7 heteroatoms. The first-order valence-corrected chi connectivity index (χ1v) is 11.1. The van der Waals surface area contributed by atoms with Crippen LogP contribution in [0, 0.1) is 20.8 Å². The van der Waals surface area contributed by atoms with Crippen molar-refractivity contribution < 1.29 is 9.59 Å². The summed E-state index contributed by atoms with van der Waals surface area (Å²) in [5, 5.41) is 4.51. The van der Waals surface area contributed by atoms with Crippen molar-refractivity contribution >= 4 is 40.0 Å². The summed E-state index contributed by atoms with van der Waals surface area (Å²) in [4.78, 5) is 34.2. The summed E-state index contributed by atoms with van der Waals surface area (Å²) in [5.41, 5.74) is 5.11. The smallest absolute Gasteiger partial charge is 0.255 e. The molecular formula is C25H27ClN4O2. The van der Waals surface area contributed by atoms with Gasteiger partial charge in [0.15, 0.2) is 0 Å². The Bertz CT molecular complexity index is 1170. The highest BCUT2D eigenvalue weighted by atomic mass is 35.5. The van der Waals surface area contributed by atoms with Crippen LogP contribution in [0.2, 0.25) is 5.02 Å². The Balaban J connectivity index is 1.37. The molecule has 0 radical (unpaired) electrons. The van der Waals surface area contributed by atoms with E-state index in [9.17, 15) is 9.59 Å². The molecule has 0 bridgehead atoms. The van der Waals surface area contributed by atoms with Crippen molar-refractivity contribution in [3.05, 3.63) is 69.9 Å². The fourth-order valence-corrected chi connectivity index (χ4v) is 4.31.